The number of nitrogens with one attached hydrogen (secondary N) is 1. The van der Waals surface area contributed by atoms with Crippen LogP contribution in [0.1, 0.15) is 19.3 Å². The van der Waals surface area contributed by atoms with E-state index in [1.54, 1.807) is 0 Å². The molecule has 0 aromatic heterocycles. The first-order valence-corrected chi connectivity index (χ1v) is 7.30. The Hall–Kier alpha value is -1.80. The van der Waals surface area contributed by atoms with Crippen molar-refractivity contribution in [3.05, 3.63) is 18.2 Å². The van der Waals surface area contributed by atoms with Gasteiger partial charge in [0, 0.05) is 13.0 Å². The van der Waals surface area contributed by atoms with Crippen LogP contribution >= 0.6 is 0 Å². The monoisotopic (exact) mass is 286 g/mol. The van der Waals surface area contributed by atoms with E-state index in [4.69, 9.17) is 16.6 Å². The Kier molecular flexibility index (Phi) is 5.13. The van der Waals surface area contributed by atoms with E-state index in [0.717, 1.165) is 6.42 Å². The Morgan fingerprint density at radius 3 is 2.53 bits per heavy atom. The van der Waals surface area contributed by atoms with Crippen molar-refractivity contribution in [3.8, 4) is 0 Å². The summed E-state index contributed by atoms with van der Waals surface area (Å²) in [5, 5.41) is 8.04. The summed E-state index contributed by atoms with van der Waals surface area (Å²) in [5.74, 6) is -0.337. The summed E-state index contributed by atoms with van der Waals surface area (Å²) in [4.78, 5) is 10.5. The lowest BCUT2D eigenvalue weighted by Gasteiger charge is -2.10. The third-order valence-corrected chi connectivity index (χ3v) is 3.43. The van der Waals surface area contributed by atoms with E-state index in [1.165, 1.54) is 18.2 Å². The minimum atomic E-state index is -3.75. The van der Waals surface area contributed by atoms with Gasteiger partial charge in [-0.2, -0.15) is 0 Å². The summed E-state index contributed by atoms with van der Waals surface area (Å²) in [7, 11) is -3.75. The molecule has 0 aliphatic heterocycles. The van der Waals surface area contributed by atoms with Gasteiger partial charge in [0.2, 0.25) is 15.9 Å². The lowest BCUT2D eigenvalue weighted by molar-refractivity contribution is -0.118. The topological polar surface area (TPSA) is 141 Å². The highest BCUT2D eigenvalue weighted by Gasteiger charge is 2.10. The second kappa shape index (κ2) is 6.39. The SMILES string of the molecule is NC(=O)CCCCNc1cc(S(N)(=O)=O)ccc1N. The van der Waals surface area contributed by atoms with E-state index in [-0.39, 0.29) is 10.8 Å². The second-order valence-corrected chi connectivity index (χ2v) is 5.71. The largest absolute Gasteiger partial charge is 0.397 e. The molecule has 0 heterocycles. The molecule has 0 radical (unpaired) electrons. The van der Waals surface area contributed by atoms with Crippen LogP contribution in [0, 0.1) is 0 Å². The minimum Gasteiger partial charge on any atom is -0.397 e. The first kappa shape index (κ1) is 15.3. The zero-order valence-electron chi connectivity index (χ0n) is 10.4. The highest BCUT2D eigenvalue weighted by Crippen LogP contribution is 2.22. The van der Waals surface area contributed by atoms with Crippen molar-refractivity contribution in [2.24, 2.45) is 10.9 Å². The van der Waals surface area contributed by atoms with Crippen LogP contribution in [-0.2, 0) is 14.8 Å². The number of sulfonamides is 1. The van der Waals surface area contributed by atoms with Crippen molar-refractivity contribution in [3.63, 3.8) is 0 Å². The fourth-order valence-electron chi connectivity index (χ4n) is 1.51. The lowest BCUT2D eigenvalue weighted by atomic mass is 10.2. The number of hydrogen-bond donors (Lipinski definition) is 4. The van der Waals surface area contributed by atoms with Gasteiger partial charge in [-0.3, -0.25) is 4.79 Å². The van der Waals surface area contributed by atoms with Gasteiger partial charge in [0.15, 0.2) is 0 Å². The van der Waals surface area contributed by atoms with Gasteiger partial charge in [0.1, 0.15) is 0 Å². The average molecular weight is 286 g/mol. The number of hydrogen-bond acceptors (Lipinski definition) is 5. The molecule has 0 unspecified atom stereocenters. The number of unbranched alkanes of at least 4 members (excludes halogenated alkanes) is 1. The van der Waals surface area contributed by atoms with Crippen molar-refractivity contribution < 1.29 is 13.2 Å². The molecule has 1 rings (SSSR count). The Labute approximate surface area is 112 Å². The van der Waals surface area contributed by atoms with Gasteiger partial charge in [-0.15, -0.1) is 0 Å². The summed E-state index contributed by atoms with van der Waals surface area (Å²) in [6.45, 7) is 0.561. The quantitative estimate of drug-likeness (QED) is 0.412. The molecule has 1 aromatic carbocycles. The Morgan fingerprint density at radius 2 is 1.95 bits per heavy atom. The predicted octanol–water partition coefficient (Wildman–Crippen LogP) is -0.0163. The lowest BCUT2D eigenvalue weighted by Crippen LogP contribution is -2.14. The minimum absolute atomic E-state index is 0.00124. The van der Waals surface area contributed by atoms with Crippen molar-refractivity contribution in [1.82, 2.24) is 0 Å². The highest BCUT2D eigenvalue weighted by atomic mass is 32.2. The van der Waals surface area contributed by atoms with E-state index < -0.39 is 10.0 Å². The number of primary amides is 1. The number of anilines is 2. The van der Waals surface area contributed by atoms with Crippen LogP contribution in [0.15, 0.2) is 23.1 Å². The molecule has 8 heteroatoms. The van der Waals surface area contributed by atoms with Gasteiger partial charge >= 0.3 is 0 Å². The highest BCUT2D eigenvalue weighted by molar-refractivity contribution is 7.89. The molecule has 0 saturated heterocycles. The molecule has 7 nitrogen and oxygen atoms in total. The normalized spacial score (nSPS) is 11.2. The zero-order chi connectivity index (χ0) is 14.5. The van der Waals surface area contributed by atoms with Crippen molar-refractivity contribution in [2.75, 3.05) is 17.6 Å². The van der Waals surface area contributed by atoms with Crippen LogP contribution in [0.3, 0.4) is 0 Å². The van der Waals surface area contributed by atoms with Gasteiger partial charge in [-0.1, -0.05) is 0 Å². The van der Waals surface area contributed by atoms with Gasteiger partial charge < -0.3 is 16.8 Å². The van der Waals surface area contributed by atoms with E-state index in [0.29, 0.717) is 30.8 Å². The van der Waals surface area contributed by atoms with E-state index in [2.05, 4.69) is 5.32 Å². The number of nitrogens with two attached hydrogens (primary N) is 3. The standard InChI is InChI=1S/C11H18N4O3S/c12-9-5-4-8(19(14,17)18)7-10(9)15-6-2-1-3-11(13)16/h4-5,7,15H,1-3,6,12H2,(H2,13,16)(H2,14,17,18). The van der Waals surface area contributed by atoms with Gasteiger partial charge in [-0.05, 0) is 31.0 Å². The molecular formula is C11H18N4O3S. The molecule has 1 amide bonds. The summed E-state index contributed by atoms with van der Waals surface area (Å²) in [6, 6.07) is 4.22. The van der Waals surface area contributed by atoms with Crippen molar-refractivity contribution in [1.29, 1.82) is 0 Å². The van der Waals surface area contributed by atoms with Gasteiger partial charge in [0.05, 0.1) is 16.3 Å². The van der Waals surface area contributed by atoms with Crippen LogP contribution in [0.25, 0.3) is 0 Å². The number of nitrogen functional groups attached to an aromatic ring is 1. The zero-order valence-corrected chi connectivity index (χ0v) is 11.2. The average Bonchev–Trinajstić information content (AvgIpc) is 2.29. The molecule has 0 spiro atoms. The predicted molar refractivity (Wildman–Crippen MR) is 73.8 cm³/mol. The summed E-state index contributed by atoms with van der Waals surface area (Å²) < 4.78 is 22.4. The number of carbonyl (C=O) groups excluding carboxylic acids is 1. The maximum atomic E-state index is 11.2. The third kappa shape index (κ3) is 5.14. The maximum absolute atomic E-state index is 11.2. The molecule has 0 atom stereocenters. The van der Waals surface area contributed by atoms with Crippen molar-refractivity contribution >= 4 is 27.3 Å². The van der Waals surface area contributed by atoms with Crippen LogP contribution in [-0.4, -0.2) is 20.9 Å². The van der Waals surface area contributed by atoms with Crippen LogP contribution in [0.2, 0.25) is 0 Å². The maximum Gasteiger partial charge on any atom is 0.238 e. The Balaban J connectivity index is 2.60. The fraction of sp³-hybridized carbons (Fsp3) is 0.364. The fourth-order valence-corrected chi connectivity index (χ4v) is 2.05. The Bertz CT molecular complexity index is 557. The first-order chi connectivity index (χ1) is 8.80. The molecule has 1 aromatic rings. The van der Waals surface area contributed by atoms with E-state index in [1.807, 2.05) is 0 Å². The number of amides is 1. The summed E-state index contributed by atoms with van der Waals surface area (Å²) in [6.07, 6.45) is 1.72. The number of rotatable bonds is 7. The molecule has 0 aliphatic carbocycles. The Morgan fingerprint density at radius 1 is 1.26 bits per heavy atom. The molecule has 0 bridgehead atoms. The second-order valence-electron chi connectivity index (χ2n) is 4.14. The summed E-state index contributed by atoms with van der Waals surface area (Å²) >= 11 is 0. The van der Waals surface area contributed by atoms with Crippen LogP contribution in [0.5, 0.6) is 0 Å². The van der Waals surface area contributed by atoms with Crippen LogP contribution < -0.4 is 21.9 Å². The molecule has 19 heavy (non-hydrogen) atoms. The summed E-state index contributed by atoms with van der Waals surface area (Å²) in [5.41, 5.74) is 11.7. The smallest absolute Gasteiger partial charge is 0.238 e. The van der Waals surface area contributed by atoms with Gasteiger partial charge in [0.25, 0.3) is 0 Å². The van der Waals surface area contributed by atoms with E-state index >= 15 is 0 Å². The molecule has 0 fully saturated rings. The van der Waals surface area contributed by atoms with Crippen molar-refractivity contribution in [2.45, 2.75) is 24.2 Å². The van der Waals surface area contributed by atoms with Crippen LogP contribution in [0.4, 0.5) is 11.4 Å². The number of primary sulfonamides is 1. The molecule has 0 saturated carbocycles. The molecule has 7 N–H and O–H groups in total. The molecular weight excluding hydrogens is 268 g/mol. The molecule has 0 aliphatic rings. The van der Waals surface area contributed by atoms with E-state index in [9.17, 15) is 13.2 Å². The van der Waals surface area contributed by atoms with Gasteiger partial charge in [-0.25, -0.2) is 13.6 Å². The third-order valence-electron chi connectivity index (χ3n) is 2.52. The number of benzene rings is 1. The number of carbonyl (C=O) groups is 1. The molecule has 106 valence electrons. The first-order valence-electron chi connectivity index (χ1n) is 5.75.